The minimum absolute atomic E-state index is 0.0663. The van der Waals surface area contributed by atoms with Crippen molar-refractivity contribution in [3.8, 4) is 0 Å². The number of nitrogens with zero attached hydrogens (tertiary/aromatic N) is 1. The average Bonchev–Trinajstić information content (AvgIpc) is 2.67. The number of nitrogens with one attached hydrogen (secondary N) is 2. The number of carbonyl (C=O) groups is 3. The molecule has 154 valence electrons. The van der Waals surface area contributed by atoms with Crippen LogP contribution in [0.4, 0.5) is 14.9 Å². The van der Waals surface area contributed by atoms with Crippen molar-refractivity contribution in [2.24, 2.45) is 0 Å². The van der Waals surface area contributed by atoms with E-state index >= 15 is 0 Å². The van der Waals surface area contributed by atoms with Crippen molar-refractivity contribution in [3.05, 3.63) is 65.5 Å². The van der Waals surface area contributed by atoms with Crippen LogP contribution in [0.3, 0.4) is 0 Å². The van der Waals surface area contributed by atoms with E-state index in [2.05, 4.69) is 10.6 Å². The average molecular weight is 401 g/mol. The Balaban J connectivity index is 1.93. The molecule has 2 N–H and O–H groups in total. The number of hydrogen-bond donors (Lipinski definition) is 2. The maximum atomic E-state index is 13.0. The number of ether oxygens (including phenoxy) is 1. The summed E-state index contributed by atoms with van der Waals surface area (Å²) in [6, 6.07) is 11.6. The highest BCUT2D eigenvalue weighted by Crippen LogP contribution is 2.16. The predicted molar refractivity (Wildman–Crippen MR) is 107 cm³/mol. The van der Waals surface area contributed by atoms with E-state index in [1.165, 1.54) is 23.1 Å². The molecule has 7 nitrogen and oxygen atoms in total. The highest BCUT2D eigenvalue weighted by atomic mass is 19.1. The summed E-state index contributed by atoms with van der Waals surface area (Å²) in [4.78, 5) is 37.9. The largest absolute Gasteiger partial charge is 0.452 e. The monoisotopic (exact) mass is 401 g/mol. The number of likely N-dealkylation sites (N-methyl/N-ethyl adjacent to an activating group) is 1. The Morgan fingerprint density at radius 1 is 1.07 bits per heavy atom. The fourth-order valence-electron chi connectivity index (χ4n) is 2.46. The molecular weight excluding hydrogens is 377 g/mol. The molecule has 0 radical (unpaired) electrons. The van der Waals surface area contributed by atoms with Gasteiger partial charge in [0.15, 0.2) is 6.61 Å². The van der Waals surface area contributed by atoms with Gasteiger partial charge < -0.3 is 20.3 Å². The van der Waals surface area contributed by atoms with E-state index in [4.69, 9.17) is 4.74 Å². The van der Waals surface area contributed by atoms with Crippen LogP contribution in [-0.4, -0.2) is 42.5 Å². The van der Waals surface area contributed by atoms with Crippen LogP contribution in [0, 0.1) is 5.82 Å². The molecule has 0 atom stereocenters. The summed E-state index contributed by atoms with van der Waals surface area (Å²) in [5, 5.41) is 5.26. The van der Waals surface area contributed by atoms with Crippen LogP contribution in [0.15, 0.2) is 48.5 Å². The lowest BCUT2D eigenvalue weighted by molar-refractivity contribution is -0.133. The lowest BCUT2D eigenvalue weighted by Crippen LogP contribution is -2.34. The van der Waals surface area contributed by atoms with Crippen molar-refractivity contribution >= 4 is 23.6 Å². The zero-order valence-electron chi connectivity index (χ0n) is 16.6. The van der Waals surface area contributed by atoms with Crippen LogP contribution in [0.5, 0.6) is 0 Å². The van der Waals surface area contributed by atoms with E-state index in [9.17, 15) is 18.8 Å². The van der Waals surface area contributed by atoms with Gasteiger partial charge in [-0.15, -0.1) is 0 Å². The maximum Gasteiger partial charge on any atom is 0.340 e. The number of carbonyl (C=O) groups excluding carboxylic acids is 3. The number of rotatable bonds is 7. The number of esters is 1. The second-order valence-electron chi connectivity index (χ2n) is 6.75. The molecule has 0 aliphatic heterocycles. The lowest BCUT2D eigenvalue weighted by atomic mass is 10.2. The number of urea groups is 1. The van der Waals surface area contributed by atoms with Gasteiger partial charge in [-0.1, -0.05) is 24.3 Å². The number of benzene rings is 2. The highest BCUT2D eigenvalue weighted by Gasteiger charge is 2.17. The molecule has 0 fully saturated rings. The zero-order valence-corrected chi connectivity index (χ0v) is 16.6. The first kappa shape index (κ1) is 21.9. The van der Waals surface area contributed by atoms with Crippen LogP contribution < -0.4 is 10.6 Å². The maximum absolute atomic E-state index is 13.0. The molecule has 0 saturated heterocycles. The van der Waals surface area contributed by atoms with E-state index in [0.29, 0.717) is 0 Å². The number of para-hydroxylation sites is 1. The molecule has 0 heterocycles. The standard InChI is InChI=1S/C21H24FN3O4/c1-14(2)23-21(28)24-18-7-5-4-6-17(18)20(27)29-13-19(26)25(3)12-15-8-10-16(22)11-9-15/h4-11,14H,12-13H2,1-3H3,(H2,23,24,28). The van der Waals surface area contributed by atoms with E-state index in [-0.39, 0.29) is 29.7 Å². The summed E-state index contributed by atoms with van der Waals surface area (Å²) in [6.07, 6.45) is 0. The topological polar surface area (TPSA) is 87.7 Å². The van der Waals surface area contributed by atoms with E-state index in [0.717, 1.165) is 5.56 Å². The molecule has 0 aliphatic rings. The first-order chi connectivity index (χ1) is 13.8. The van der Waals surface area contributed by atoms with Gasteiger partial charge in [0.1, 0.15) is 5.82 Å². The summed E-state index contributed by atoms with van der Waals surface area (Å²) >= 11 is 0. The summed E-state index contributed by atoms with van der Waals surface area (Å²) < 4.78 is 18.1. The second-order valence-corrected chi connectivity index (χ2v) is 6.75. The SMILES string of the molecule is CC(C)NC(=O)Nc1ccccc1C(=O)OCC(=O)N(C)Cc1ccc(F)cc1. The van der Waals surface area contributed by atoms with Gasteiger partial charge >= 0.3 is 12.0 Å². The molecule has 2 rings (SSSR count). The zero-order chi connectivity index (χ0) is 21.4. The summed E-state index contributed by atoms with van der Waals surface area (Å²) in [5.74, 6) is -1.49. The smallest absolute Gasteiger partial charge is 0.340 e. The lowest BCUT2D eigenvalue weighted by Gasteiger charge is -2.17. The van der Waals surface area contributed by atoms with Crippen molar-refractivity contribution in [2.75, 3.05) is 19.0 Å². The number of anilines is 1. The normalized spacial score (nSPS) is 10.4. The Morgan fingerprint density at radius 2 is 1.72 bits per heavy atom. The minimum Gasteiger partial charge on any atom is -0.452 e. The van der Waals surface area contributed by atoms with Gasteiger partial charge in [-0.25, -0.2) is 14.0 Å². The van der Waals surface area contributed by atoms with Crippen LogP contribution in [0.1, 0.15) is 29.8 Å². The Labute approximate surface area is 168 Å². The Kier molecular flexibility index (Phi) is 7.70. The second kappa shape index (κ2) is 10.2. The Bertz CT molecular complexity index is 868. The molecule has 3 amide bonds. The molecule has 8 heteroatoms. The van der Waals surface area contributed by atoms with Gasteiger partial charge in [0.05, 0.1) is 11.3 Å². The van der Waals surface area contributed by atoms with Gasteiger partial charge in [0.2, 0.25) is 0 Å². The molecule has 0 aromatic heterocycles. The first-order valence-corrected chi connectivity index (χ1v) is 9.08. The Hall–Kier alpha value is -3.42. The van der Waals surface area contributed by atoms with E-state index < -0.39 is 24.5 Å². The molecule has 0 saturated carbocycles. The third-order valence-corrected chi connectivity index (χ3v) is 3.90. The number of amides is 3. The summed E-state index contributed by atoms with van der Waals surface area (Å²) in [6.45, 7) is 3.43. The third-order valence-electron chi connectivity index (χ3n) is 3.90. The van der Waals surface area contributed by atoms with Gasteiger partial charge in [-0.2, -0.15) is 0 Å². The van der Waals surface area contributed by atoms with Crippen LogP contribution in [0.25, 0.3) is 0 Å². The van der Waals surface area contributed by atoms with E-state index in [1.807, 2.05) is 13.8 Å². The Morgan fingerprint density at radius 3 is 2.38 bits per heavy atom. The van der Waals surface area contributed by atoms with Crippen LogP contribution in [-0.2, 0) is 16.1 Å². The molecule has 0 aliphatic carbocycles. The predicted octanol–water partition coefficient (Wildman–Crippen LogP) is 3.17. The third kappa shape index (κ3) is 6.91. The number of halogens is 1. The summed E-state index contributed by atoms with van der Waals surface area (Å²) in [5.41, 5.74) is 1.17. The molecule has 2 aromatic rings. The fraction of sp³-hybridized carbons (Fsp3) is 0.286. The van der Waals surface area contributed by atoms with E-state index in [1.54, 1.807) is 37.4 Å². The van der Waals surface area contributed by atoms with Crippen molar-refractivity contribution < 1.29 is 23.5 Å². The highest BCUT2D eigenvalue weighted by molar-refractivity contribution is 6.01. The van der Waals surface area contributed by atoms with Gasteiger partial charge in [0, 0.05) is 19.6 Å². The molecule has 0 spiro atoms. The van der Waals surface area contributed by atoms with Crippen LogP contribution in [0.2, 0.25) is 0 Å². The van der Waals surface area contributed by atoms with Gasteiger partial charge in [-0.05, 0) is 43.7 Å². The molecule has 29 heavy (non-hydrogen) atoms. The fourth-order valence-corrected chi connectivity index (χ4v) is 2.46. The van der Waals surface area contributed by atoms with Gasteiger partial charge in [0.25, 0.3) is 5.91 Å². The quantitative estimate of drug-likeness (QED) is 0.698. The van der Waals surface area contributed by atoms with Crippen molar-refractivity contribution in [3.63, 3.8) is 0 Å². The van der Waals surface area contributed by atoms with Crippen molar-refractivity contribution in [1.29, 1.82) is 0 Å². The van der Waals surface area contributed by atoms with Gasteiger partial charge in [-0.3, -0.25) is 4.79 Å². The molecule has 0 unspecified atom stereocenters. The summed E-state index contributed by atoms with van der Waals surface area (Å²) in [7, 11) is 1.56. The first-order valence-electron chi connectivity index (χ1n) is 9.08. The van der Waals surface area contributed by atoms with Crippen molar-refractivity contribution in [1.82, 2.24) is 10.2 Å². The number of hydrogen-bond acceptors (Lipinski definition) is 4. The molecule has 2 aromatic carbocycles. The molecular formula is C21H24FN3O4. The minimum atomic E-state index is -0.728. The van der Waals surface area contributed by atoms with Crippen molar-refractivity contribution in [2.45, 2.75) is 26.4 Å². The molecule has 0 bridgehead atoms. The van der Waals surface area contributed by atoms with Crippen LogP contribution >= 0.6 is 0 Å².